The van der Waals surface area contributed by atoms with E-state index < -0.39 is 0 Å². The van der Waals surface area contributed by atoms with E-state index in [-0.39, 0.29) is 18.0 Å². The van der Waals surface area contributed by atoms with Gasteiger partial charge in [-0.05, 0) is 52.2 Å². The monoisotopic (exact) mass is 248 g/mol. The van der Waals surface area contributed by atoms with Crippen molar-refractivity contribution in [3.63, 3.8) is 0 Å². The molecule has 1 rings (SSSR count). The van der Waals surface area contributed by atoms with Gasteiger partial charge in [0, 0.05) is 5.56 Å². The Hall–Kier alpha value is -1.15. The molecule has 0 aliphatic carbocycles. The van der Waals surface area contributed by atoms with Gasteiger partial charge in [0.25, 0.3) is 0 Å². The van der Waals surface area contributed by atoms with Gasteiger partial charge in [0.05, 0.1) is 5.60 Å². The second-order valence-corrected chi connectivity index (χ2v) is 5.60. The Labute approximate surface area is 110 Å². The number of hydrogen-bond acceptors (Lipinski definition) is 2. The molecule has 0 atom stereocenters. The molecule has 0 saturated carbocycles. The van der Waals surface area contributed by atoms with Crippen LogP contribution in [0.25, 0.3) is 0 Å². The number of carbonyl (C=O) groups excluding carboxylic acids is 1. The lowest BCUT2D eigenvalue weighted by Gasteiger charge is -2.23. The maximum Gasteiger partial charge on any atom is 0.189 e. The Morgan fingerprint density at radius 2 is 1.67 bits per heavy atom. The lowest BCUT2D eigenvalue weighted by molar-refractivity contribution is -0.0122. The zero-order valence-corrected chi connectivity index (χ0v) is 12.4. The molecule has 0 N–H and O–H groups in total. The van der Waals surface area contributed by atoms with E-state index in [1.807, 2.05) is 46.8 Å². The van der Waals surface area contributed by atoms with E-state index in [0.717, 1.165) is 23.1 Å². The Bertz CT molecular complexity index is 421. The summed E-state index contributed by atoms with van der Waals surface area (Å²) >= 11 is 0. The predicted molar refractivity (Wildman–Crippen MR) is 75.3 cm³/mol. The van der Waals surface area contributed by atoms with Crippen molar-refractivity contribution >= 4 is 5.78 Å². The van der Waals surface area contributed by atoms with Gasteiger partial charge in [0.15, 0.2) is 5.78 Å². The first kappa shape index (κ1) is 14.9. The summed E-state index contributed by atoms with van der Waals surface area (Å²) in [6.45, 7) is 12.3. The summed E-state index contributed by atoms with van der Waals surface area (Å²) in [7, 11) is 0. The van der Waals surface area contributed by atoms with E-state index in [1.165, 1.54) is 5.56 Å². The molecule has 0 radical (unpaired) electrons. The first-order valence-corrected chi connectivity index (χ1v) is 6.52. The molecule has 2 nitrogen and oxygen atoms in total. The second-order valence-electron chi connectivity index (χ2n) is 5.60. The topological polar surface area (TPSA) is 26.3 Å². The van der Waals surface area contributed by atoms with Gasteiger partial charge >= 0.3 is 0 Å². The van der Waals surface area contributed by atoms with Gasteiger partial charge in [-0.25, -0.2) is 0 Å². The van der Waals surface area contributed by atoms with Crippen LogP contribution in [0.15, 0.2) is 12.1 Å². The molecule has 0 unspecified atom stereocenters. The van der Waals surface area contributed by atoms with E-state index in [9.17, 15) is 4.79 Å². The average Bonchev–Trinajstić information content (AvgIpc) is 2.25. The standard InChI is InChI=1S/C16H24O2/c1-7-16(5,6)18-10-14(17)15-12(3)8-11(2)9-13(15)4/h8-9H,7,10H2,1-6H3. The van der Waals surface area contributed by atoms with Crippen LogP contribution in [0.1, 0.15) is 54.2 Å². The second kappa shape index (κ2) is 5.66. The van der Waals surface area contributed by atoms with Crippen molar-refractivity contribution < 1.29 is 9.53 Å². The van der Waals surface area contributed by atoms with Gasteiger partial charge in [-0.1, -0.05) is 24.6 Å². The Morgan fingerprint density at radius 3 is 2.11 bits per heavy atom. The van der Waals surface area contributed by atoms with E-state index >= 15 is 0 Å². The molecule has 0 aliphatic rings. The van der Waals surface area contributed by atoms with Gasteiger partial charge in [-0.15, -0.1) is 0 Å². The summed E-state index contributed by atoms with van der Waals surface area (Å²) < 4.78 is 5.69. The normalized spacial score (nSPS) is 11.7. The number of hydrogen-bond donors (Lipinski definition) is 0. The van der Waals surface area contributed by atoms with Crippen LogP contribution in [0, 0.1) is 20.8 Å². The smallest absolute Gasteiger partial charge is 0.189 e. The van der Waals surface area contributed by atoms with Crippen LogP contribution in [0.3, 0.4) is 0 Å². The van der Waals surface area contributed by atoms with Crippen LogP contribution in [0.4, 0.5) is 0 Å². The molecule has 2 heteroatoms. The van der Waals surface area contributed by atoms with Crippen molar-refractivity contribution in [1.29, 1.82) is 0 Å². The molecule has 0 saturated heterocycles. The lowest BCUT2D eigenvalue weighted by atomic mass is 9.97. The summed E-state index contributed by atoms with van der Waals surface area (Å²) in [6.07, 6.45) is 0.895. The summed E-state index contributed by atoms with van der Waals surface area (Å²) in [6, 6.07) is 4.09. The molecular formula is C16H24O2. The summed E-state index contributed by atoms with van der Waals surface area (Å²) in [5.74, 6) is 0.0755. The zero-order valence-electron chi connectivity index (χ0n) is 12.4. The van der Waals surface area contributed by atoms with Gasteiger partial charge in [0.1, 0.15) is 6.61 Å². The Morgan fingerprint density at radius 1 is 1.17 bits per heavy atom. The van der Waals surface area contributed by atoms with E-state index in [4.69, 9.17) is 4.74 Å². The van der Waals surface area contributed by atoms with Crippen molar-refractivity contribution in [2.24, 2.45) is 0 Å². The Balaban J connectivity index is 2.86. The van der Waals surface area contributed by atoms with Crippen molar-refractivity contribution in [2.45, 2.75) is 53.6 Å². The molecule has 18 heavy (non-hydrogen) atoms. The maximum atomic E-state index is 12.2. The van der Waals surface area contributed by atoms with Crippen LogP contribution in [-0.4, -0.2) is 18.0 Å². The molecule has 1 aromatic rings. The Kier molecular flexibility index (Phi) is 4.69. The van der Waals surface area contributed by atoms with E-state index in [0.29, 0.717) is 0 Å². The fourth-order valence-electron chi connectivity index (χ4n) is 2.05. The summed E-state index contributed by atoms with van der Waals surface area (Å²) in [5.41, 5.74) is 3.84. The van der Waals surface area contributed by atoms with Crippen LogP contribution in [0.5, 0.6) is 0 Å². The fourth-order valence-corrected chi connectivity index (χ4v) is 2.05. The third kappa shape index (κ3) is 3.67. The minimum atomic E-state index is -0.234. The van der Waals surface area contributed by atoms with Crippen LogP contribution in [-0.2, 0) is 4.74 Å². The van der Waals surface area contributed by atoms with Crippen molar-refractivity contribution in [3.05, 3.63) is 34.4 Å². The SMILES string of the molecule is CCC(C)(C)OCC(=O)c1c(C)cc(C)cc1C. The zero-order chi connectivity index (χ0) is 13.9. The predicted octanol–water partition coefficient (Wildman–Crippen LogP) is 4.00. The van der Waals surface area contributed by atoms with E-state index in [1.54, 1.807) is 0 Å². The molecule has 100 valence electrons. The maximum absolute atomic E-state index is 12.2. The van der Waals surface area contributed by atoms with Crippen LogP contribution >= 0.6 is 0 Å². The molecule has 0 fully saturated rings. The van der Waals surface area contributed by atoms with Gasteiger partial charge < -0.3 is 4.74 Å². The largest absolute Gasteiger partial charge is 0.367 e. The first-order valence-electron chi connectivity index (χ1n) is 6.52. The van der Waals surface area contributed by atoms with Gasteiger partial charge in [0.2, 0.25) is 0 Å². The summed E-state index contributed by atoms with van der Waals surface area (Å²) in [4.78, 5) is 12.2. The molecule has 0 aliphatic heterocycles. The number of rotatable bonds is 5. The minimum Gasteiger partial charge on any atom is -0.367 e. The molecule has 1 aromatic carbocycles. The summed E-state index contributed by atoms with van der Waals surface area (Å²) in [5, 5.41) is 0. The highest BCUT2D eigenvalue weighted by atomic mass is 16.5. The minimum absolute atomic E-state index is 0.0755. The number of benzene rings is 1. The van der Waals surface area contributed by atoms with Crippen LogP contribution in [0.2, 0.25) is 0 Å². The number of Topliss-reactive ketones (excluding diaryl/α,β-unsaturated/α-hetero) is 1. The first-order chi connectivity index (χ1) is 8.26. The van der Waals surface area contributed by atoms with Gasteiger partial charge in [-0.2, -0.15) is 0 Å². The van der Waals surface area contributed by atoms with Crippen molar-refractivity contribution in [2.75, 3.05) is 6.61 Å². The highest BCUT2D eigenvalue weighted by Gasteiger charge is 2.19. The molecule has 0 heterocycles. The van der Waals surface area contributed by atoms with Gasteiger partial charge in [-0.3, -0.25) is 4.79 Å². The molecular weight excluding hydrogens is 224 g/mol. The average molecular weight is 248 g/mol. The number of aryl methyl sites for hydroxylation is 3. The fraction of sp³-hybridized carbons (Fsp3) is 0.562. The van der Waals surface area contributed by atoms with Crippen molar-refractivity contribution in [3.8, 4) is 0 Å². The third-order valence-corrected chi connectivity index (χ3v) is 3.40. The molecule has 0 aromatic heterocycles. The number of ether oxygens (including phenoxy) is 1. The quantitative estimate of drug-likeness (QED) is 0.736. The third-order valence-electron chi connectivity index (χ3n) is 3.40. The highest BCUT2D eigenvalue weighted by molar-refractivity contribution is 5.99. The molecule has 0 bridgehead atoms. The van der Waals surface area contributed by atoms with E-state index in [2.05, 4.69) is 6.92 Å². The lowest BCUT2D eigenvalue weighted by Crippen LogP contribution is -2.27. The van der Waals surface area contributed by atoms with Crippen LogP contribution < -0.4 is 0 Å². The number of carbonyl (C=O) groups is 1. The van der Waals surface area contributed by atoms with Crippen molar-refractivity contribution in [1.82, 2.24) is 0 Å². The molecule has 0 spiro atoms. The number of ketones is 1. The molecule has 0 amide bonds. The highest BCUT2D eigenvalue weighted by Crippen LogP contribution is 2.19.